The third-order valence-corrected chi connectivity index (χ3v) is 5.69. The molecule has 36 heavy (non-hydrogen) atoms. The number of nitrogens with zero attached hydrogens (tertiary/aromatic N) is 1. The quantitative estimate of drug-likeness (QED) is 0.498. The smallest absolute Gasteiger partial charge is 0.408 e. The molecule has 1 aromatic rings. The van der Waals surface area contributed by atoms with E-state index in [4.69, 9.17) is 9.47 Å². The van der Waals surface area contributed by atoms with Crippen LogP contribution in [-0.4, -0.2) is 58.5 Å². The van der Waals surface area contributed by atoms with E-state index in [1.165, 1.54) is 4.90 Å². The van der Waals surface area contributed by atoms with Crippen LogP contribution in [0.2, 0.25) is 0 Å². The SMILES string of the molecule is CC(C)C[C@H](NC(=O)OC(C)(C)C)C(=O)NC(C)(C)C(=O)N1CCC[C@H]1C(=O)OCc1ccccc1. The van der Waals surface area contributed by atoms with Crippen molar-refractivity contribution in [2.45, 2.75) is 97.6 Å². The van der Waals surface area contributed by atoms with E-state index in [1.54, 1.807) is 34.6 Å². The highest BCUT2D eigenvalue weighted by atomic mass is 16.6. The molecule has 0 radical (unpaired) electrons. The largest absolute Gasteiger partial charge is 0.459 e. The molecule has 0 aliphatic carbocycles. The fourth-order valence-electron chi connectivity index (χ4n) is 4.04. The number of ether oxygens (including phenoxy) is 2. The third kappa shape index (κ3) is 8.84. The first-order valence-electron chi connectivity index (χ1n) is 12.5. The van der Waals surface area contributed by atoms with Crippen LogP contribution in [-0.2, 0) is 30.5 Å². The second-order valence-corrected chi connectivity index (χ2v) is 11.2. The lowest BCUT2D eigenvalue weighted by Gasteiger charge is -2.34. The molecule has 1 saturated heterocycles. The van der Waals surface area contributed by atoms with Gasteiger partial charge in [-0.15, -0.1) is 0 Å². The van der Waals surface area contributed by atoms with Crippen LogP contribution in [0, 0.1) is 5.92 Å². The minimum atomic E-state index is -1.30. The summed E-state index contributed by atoms with van der Waals surface area (Å²) in [5.41, 5.74) is -1.15. The van der Waals surface area contributed by atoms with Crippen LogP contribution >= 0.6 is 0 Å². The van der Waals surface area contributed by atoms with E-state index in [9.17, 15) is 19.2 Å². The molecule has 0 bridgehead atoms. The Hall–Kier alpha value is -3.10. The summed E-state index contributed by atoms with van der Waals surface area (Å²) in [6.07, 6.45) is 0.831. The maximum Gasteiger partial charge on any atom is 0.408 e. The summed E-state index contributed by atoms with van der Waals surface area (Å²) in [4.78, 5) is 53.2. The molecule has 2 rings (SSSR count). The minimum Gasteiger partial charge on any atom is -0.459 e. The van der Waals surface area contributed by atoms with Crippen LogP contribution in [0.5, 0.6) is 0 Å². The van der Waals surface area contributed by atoms with Crippen molar-refractivity contribution in [2.75, 3.05) is 6.54 Å². The highest BCUT2D eigenvalue weighted by molar-refractivity contribution is 5.95. The van der Waals surface area contributed by atoms with Gasteiger partial charge in [-0.25, -0.2) is 9.59 Å². The van der Waals surface area contributed by atoms with Crippen molar-refractivity contribution >= 4 is 23.9 Å². The number of esters is 1. The Morgan fingerprint density at radius 3 is 2.28 bits per heavy atom. The van der Waals surface area contributed by atoms with Gasteiger partial charge in [0, 0.05) is 6.54 Å². The minimum absolute atomic E-state index is 0.108. The Balaban J connectivity index is 2.05. The van der Waals surface area contributed by atoms with E-state index in [1.807, 2.05) is 44.2 Å². The monoisotopic (exact) mass is 503 g/mol. The van der Waals surface area contributed by atoms with Gasteiger partial charge in [0.05, 0.1) is 0 Å². The van der Waals surface area contributed by atoms with E-state index < -0.39 is 41.2 Å². The van der Waals surface area contributed by atoms with Crippen molar-refractivity contribution in [3.8, 4) is 0 Å². The lowest BCUT2D eigenvalue weighted by Crippen LogP contribution is -2.61. The molecule has 2 atom stereocenters. The van der Waals surface area contributed by atoms with Crippen molar-refractivity contribution in [1.82, 2.24) is 15.5 Å². The first-order valence-corrected chi connectivity index (χ1v) is 12.5. The highest BCUT2D eigenvalue weighted by Crippen LogP contribution is 2.23. The van der Waals surface area contributed by atoms with Gasteiger partial charge in [0.25, 0.3) is 0 Å². The molecule has 0 spiro atoms. The van der Waals surface area contributed by atoms with Crippen molar-refractivity contribution in [3.05, 3.63) is 35.9 Å². The van der Waals surface area contributed by atoms with Gasteiger partial charge in [-0.2, -0.15) is 0 Å². The van der Waals surface area contributed by atoms with E-state index in [-0.39, 0.29) is 18.4 Å². The Kier molecular flexibility index (Phi) is 9.90. The van der Waals surface area contributed by atoms with Gasteiger partial charge in [-0.3, -0.25) is 9.59 Å². The van der Waals surface area contributed by atoms with Crippen LogP contribution in [0.25, 0.3) is 0 Å². The number of likely N-dealkylation sites (tertiary alicyclic amines) is 1. The highest BCUT2D eigenvalue weighted by Gasteiger charge is 2.43. The van der Waals surface area contributed by atoms with Gasteiger partial charge < -0.3 is 25.0 Å². The molecular formula is C27H41N3O6. The number of rotatable bonds is 9. The molecule has 9 heteroatoms. The van der Waals surface area contributed by atoms with E-state index >= 15 is 0 Å². The van der Waals surface area contributed by atoms with E-state index in [0.717, 1.165) is 5.56 Å². The number of amides is 3. The molecule has 1 heterocycles. The van der Waals surface area contributed by atoms with Crippen LogP contribution < -0.4 is 10.6 Å². The van der Waals surface area contributed by atoms with Crippen molar-refractivity contribution in [1.29, 1.82) is 0 Å². The molecular weight excluding hydrogens is 462 g/mol. The fraction of sp³-hybridized carbons (Fsp3) is 0.630. The second kappa shape index (κ2) is 12.2. The molecule has 3 amide bonds. The van der Waals surface area contributed by atoms with Crippen LogP contribution in [0.1, 0.15) is 73.3 Å². The molecule has 1 aromatic carbocycles. The molecule has 9 nitrogen and oxygen atoms in total. The normalized spacial score (nSPS) is 16.9. The first-order chi connectivity index (χ1) is 16.7. The Morgan fingerprint density at radius 2 is 1.69 bits per heavy atom. The average molecular weight is 504 g/mol. The third-order valence-electron chi connectivity index (χ3n) is 5.69. The topological polar surface area (TPSA) is 114 Å². The molecule has 0 saturated carbocycles. The van der Waals surface area contributed by atoms with Crippen LogP contribution in [0.3, 0.4) is 0 Å². The van der Waals surface area contributed by atoms with Crippen molar-refractivity contribution in [3.63, 3.8) is 0 Å². The van der Waals surface area contributed by atoms with E-state index in [0.29, 0.717) is 25.8 Å². The standard InChI is InChI=1S/C27H41N3O6/c1-18(2)16-20(28-25(34)36-26(3,4)5)22(31)29-27(6,7)24(33)30-15-11-14-21(30)23(32)35-17-19-12-9-8-10-13-19/h8-10,12-13,18,20-21H,11,14-17H2,1-7H3,(H,28,34)(H,29,31)/t20-,21-/m0/s1. The number of hydrogen-bond acceptors (Lipinski definition) is 6. The van der Waals surface area contributed by atoms with Crippen LogP contribution in [0.4, 0.5) is 4.79 Å². The van der Waals surface area contributed by atoms with Gasteiger partial charge in [0.1, 0.15) is 29.8 Å². The van der Waals surface area contributed by atoms with E-state index in [2.05, 4.69) is 10.6 Å². The van der Waals surface area contributed by atoms with Crippen molar-refractivity contribution in [2.24, 2.45) is 5.92 Å². The molecule has 1 aliphatic heterocycles. The number of carbonyl (C=O) groups is 4. The number of benzene rings is 1. The maximum absolute atomic E-state index is 13.4. The van der Waals surface area contributed by atoms with Crippen molar-refractivity contribution < 1.29 is 28.7 Å². The Labute approximate surface area is 214 Å². The van der Waals surface area contributed by atoms with Gasteiger partial charge >= 0.3 is 12.1 Å². The fourth-order valence-corrected chi connectivity index (χ4v) is 4.04. The zero-order valence-corrected chi connectivity index (χ0v) is 22.6. The van der Waals surface area contributed by atoms with Gasteiger partial charge in [-0.1, -0.05) is 44.2 Å². The summed E-state index contributed by atoms with van der Waals surface area (Å²) in [5, 5.41) is 5.39. The number of alkyl carbamates (subject to hydrolysis) is 1. The molecule has 0 aromatic heterocycles. The lowest BCUT2D eigenvalue weighted by molar-refractivity contribution is -0.156. The average Bonchev–Trinajstić information content (AvgIpc) is 3.25. The summed E-state index contributed by atoms with van der Waals surface area (Å²) < 4.78 is 10.8. The molecule has 1 fully saturated rings. The molecule has 200 valence electrons. The summed E-state index contributed by atoms with van der Waals surface area (Å²) in [7, 11) is 0. The van der Waals surface area contributed by atoms with Gasteiger partial charge in [0.15, 0.2) is 0 Å². The maximum atomic E-state index is 13.4. The summed E-state index contributed by atoms with van der Waals surface area (Å²) >= 11 is 0. The lowest BCUT2D eigenvalue weighted by atomic mass is 9.99. The Bertz CT molecular complexity index is 923. The Morgan fingerprint density at radius 1 is 1.06 bits per heavy atom. The first kappa shape index (κ1) is 29.1. The van der Waals surface area contributed by atoms with Gasteiger partial charge in [0.2, 0.25) is 11.8 Å². The number of hydrogen-bond donors (Lipinski definition) is 2. The molecule has 1 aliphatic rings. The second-order valence-electron chi connectivity index (χ2n) is 11.2. The number of carbonyl (C=O) groups excluding carboxylic acids is 4. The molecule has 2 N–H and O–H groups in total. The molecule has 0 unspecified atom stereocenters. The zero-order valence-electron chi connectivity index (χ0n) is 22.6. The predicted octanol–water partition coefficient (Wildman–Crippen LogP) is 3.56. The summed E-state index contributed by atoms with van der Waals surface area (Å²) in [6.45, 7) is 12.8. The summed E-state index contributed by atoms with van der Waals surface area (Å²) in [5.74, 6) is -1.22. The summed E-state index contributed by atoms with van der Waals surface area (Å²) in [6, 6.07) is 7.76. The number of nitrogens with one attached hydrogen (secondary N) is 2. The van der Waals surface area contributed by atoms with Gasteiger partial charge in [-0.05, 0) is 65.4 Å². The van der Waals surface area contributed by atoms with Crippen LogP contribution in [0.15, 0.2) is 30.3 Å². The zero-order chi connectivity index (χ0) is 27.1. The predicted molar refractivity (Wildman–Crippen MR) is 136 cm³/mol.